The zero-order chi connectivity index (χ0) is 10.6. The lowest BCUT2D eigenvalue weighted by Crippen LogP contribution is -2.31. The Bertz CT molecular complexity index is 299. The van der Waals surface area contributed by atoms with Crippen LogP contribution in [0.15, 0.2) is 22.9 Å². The first-order valence-electron chi connectivity index (χ1n) is 4.58. The molecule has 0 aliphatic heterocycles. The van der Waals surface area contributed by atoms with Crippen LogP contribution < -0.4 is 11.1 Å². The third kappa shape index (κ3) is 3.27. The van der Waals surface area contributed by atoms with Gasteiger partial charge in [0.25, 0.3) is 0 Å². The van der Waals surface area contributed by atoms with E-state index < -0.39 is 0 Å². The normalized spacial score (nSPS) is 11.4. The van der Waals surface area contributed by atoms with Crippen molar-refractivity contribution in [1.29, 1.82) is 0 Å². The molecule has 0 aromatic carbocycles. The number of pyridine rings is 1. The molecule has 1 rings (SSSR count). The van der Waals surface area contributed by atoms with Gasteiger partial charge < -0.3 is 11.1 Å². The Kier molecular flexibility index (Phi) is 3.89. The number of aromatic nitrogens is 1. The molecule has 0 fully saturated rings. The SMILES string of the molecule is CC(C)(CN)CNc1ccncc1Br. The van der Waals surface area contributed by atoms with Gasteiger partial charge in [0, 0.05) is 18.9 Å². The summed E-state index contributed by atoms with van der Waals surface area (Å²) in [6, 6.07) is 1.94. The topological polar surface area (TPSA) is 50.9 Å². The predicted molar refractivity (Wildman–Crippen MR) is 63.3 cm³/mol. The molecule has 0 saturated carbocycles. The van der Waals surface area contributed by atoms with Crippen LogP contribution in [-0.2, 0) is 0 Å². The standard InChI is InChI=1S/C10H16BrN3/c1-10(2,6-12)7-14-9-3-4-13-5-8(9)11/h3-5H,6-7,12H2,1-2H3,(H,13,14). The average molecular weight is 258 g/mol. The van der Waals surface area contributed by atoms with Crippen LogP contribution in [0.1, 0.15) is 13.8 Å². The molecule has 0 radical (unpaired) electrons. The predicted octanol–water partition coefficient (Wildman–Crippen LogP) is 2.24. The van der Waals surface area contributed by atoms with Crippen LogP contribution in [0.25, 0.3) is 0 Å². The lowest BCUT2D eigenvalue weighted by molar-refractivity contribution is 0.405. The third-order valence-corrected chi connectivity index (χ3v) is 2.71. The van der Waals surface area contributed by atoms with E-state index in [9.17, 15) is 0 Å². The van der Waals surface area contributed by atoms with Crippen molar-refractivity contribution in [3.05, 3.63) is 22.9 Å². The molecule has 1 heterocycles. The highest BCUT2D eigenvalue weighted by Crippen LogP contribution is 2.22. The van der Waals surface area contributed by atoms with Crippen LogP contribution in [0.2, 0.25) is 0 Å². The Hall–Kier alpha value is -0.610. The molecule has 0 aliphatic rings. The van der Waals surface area contributed by atoms with E-state index in [1.165, 1.54) is 0 Å². The van der Waals surface area contributed by atoms with E-state index in [2.05, 4.69) is 40.1 Å². The average Bonchev–Trinajstić information content (AvgIpc) is 2.17. The molecule has 0 saturated heterocycles. The molecule has 0 bridgehead atoms. The first kappa shape index (κ1) is 11.5. The van der Waals surface area contributed by atoms with Gasteiger partial charge in [0.1, 0.15) is 0 Å². The van der Waals surface area contributed by atoms with E-state index in [4.69, 9.17) is 5.73 Å². The second-order valence-electron chi connectivity index (χ2n) is 4.08. The number of halogens is 1. The van der Waals surface area contributed by atoms with E-state index in [1.807, 2.05) is 6.07 Å². The van der Waals surface area contributed by atoms with Crippen molar-refractivity contribution in [2.24, 2.45) is 11.1 Å². The van der Waals surface area contributed by atoms with E-state index in [0.29, 0.717) is 6.54 Å². The lowest BCUT2D eigenvalue weighted by atomic mass is 9.94. The highest BCUT2D eigenvalue weighted by molar-refractivity contribution is 9.10. The van der Waals surface area contributed by atoms with Crippen molar-refractivity contribution in [3.8, 4) is 0 Å². The lowest BCUT2D eigenvalue weighted by Gasteiger charge is -2.23. The molecule has 0 atom stereocenters. The maximum absolute atomic E-state index is 5.64. The Morgan fingerprint density at radius 3 is 2.86 bits per heavy atom. The minimum atomic E-state index is 0.114. The number of nitrogens with one attached hydrogen (secondary N) is 1. The summed E-state index contributed by atoms with van der Waals surface area (Å²) in [7, 11) is 0. The molecule has 3 N–H and O–H groups in total. The smallest absolute Gasteiger partial charge is 0.0590 e. The molecular weight excluding hydrogens is 242 g/mol. The van der Waals surface area contributed by atoms with Crippen molar-refractivity contribution in [2.75, 3.05) is 18.4 Å². The molecule has 78 valence electrons. The highest BCUT2D eigenvalue weighted by atomic mass is 79.9. The largest absolute Gasteiger partial charge is 0.383 e. The summed E-state index contributed by atoms with van der Waals surface area (Å²) < 4.78 is 0.979. The Labute approximate surface area is 93.2 Å². The van der Waals surface area contributed by atoms with Gasteiger partial charge in [0.2, 0.25) is 0 Å². The monoisotopic (exact) mass is 257 g/mol. The molecule has 3 nitrogen and oxygen atoms in total. The van der Waals surface area contributed by atoms with Gasteiger partial charge in [-0.3, -0.25) is 4.98 Å². The Morgan fingerprint density at radius 2 is 2.29 bits per heavy atom. The van der Waals surface area contributed by atoms with Crippen molar-refractivity contribution >= 4 is 21.6 Å². The van der Waals surface area contributed by atoms with E-state index in [-0.39, 0.29) is 5.41 Å². The molecular formula is C10H16BrN3. The Morgan fingerprint density at radius 1 is 1.57 bits per heavy atom. The van der Waals surface area contributed by atoms with Gasteiger partial charge in [-0.1, -0.05) is 13.8 Å². The van der Waals surface area contributed by atoms with Crippen LogP contribution in [0.5, 0.6) is 0 Å². The van der Waals surface area contributed by atoms with E-state index >= 15 is 0 Å². The highest BCUT2D eigenvalue weighted by Gasteiger charge is 2.15. The minimum absolute atomic E-state index is 0.114. The van der Waals surface area contributed by atoms with Gasteiger partial charge >= 0.3 is 0 Å². The maximum atomic E-state index is 5.64. The number of nitrogens with zero attached hydrogens (tertiary/aromatic N) is 1. The van der Waals surface area contributed by atoms with Crippen molar-refractivity contribution in [2.45, 2.75) is 13.8 Å². The second kappa shape index (κ2) is 4.75. The number of hydrogen-bond donors (Lipinski definition) is 2. The molecule has 0 aliphatic carbocycles. The van der Waals surface area contributed by atoms with Gasteiger partial charge in [-0.05, 0) is 34.0 Å². The summed E-state index contributed by atoms with van der Waals surface area (Å²) in [5.74, 6) is 0. The van der Waals surface area contributed by atoms with Gasteiger partial charge in [-0.15, -0.1) is 0 Å². The third-order valence-electron chi connectivity index (χ3n) is 2.08. The molecule has 14 heavy (non-hydrogen) atoms. The molecule has 1 aromatic rings. The summed E-state index contributed by atoms with van der Waals surface area (Å²) in [6.45, 7) is 5.79. The summed E-state index contributed by atoms with van der Waals surface area (Å²) in [5.41, 5.74) is 6.82. The number of nitrogens with two attached hydrogens (primary N) is 1. The summed E-state index contributed by atoms with van der Waals surface area (Å²) >= 11 is 3.43. The molecule has 0 amide bonds. The molecule has 1 aromatic heterocycles. The van der Waals surface area contributed by atoms with Crippen molar-refractivity contribution in [1.82, 2.24) is 4.98 Å². The van der Waals surface area contributed by atoms with E-state index in [1.54, 1.807) is 12.4 Å². The van der Waals surface area contributed by atoms with Crippen LogP contribution in [0, 0.1) is 5.41 Å². The van der Waals surface area contributed by atoms with Gasteiger partial charge in [0.15, 0.2) is 0 Å². The first-order chi connectivity index (χ1) is 6.55. The van der Waals surface area contributed by atoms with Crippen LogP contribution in [0.3, 0.4) is 0 Å². The van der Waals surface area contributed by atoms with Crippen LogP contribution >= 0.6 is 15.9 Å². The number of hydrogen-bond acceptors (Lipinski definition) is 3. The quantitative estimate of drug-likeness (QED) is 0.870. The Balaban J connectivity index is 2.58. The minimum Gasteiger partial charge on any atom is -0.383 e. The fraction of sp³-hybridized carbons (Fsp3) is 0.500. The fourth-order valence-corrected chi connectivity index (χ4v) is 1.32. The zero-order valence-electron chi connectivity index (χ0n) is 8.55. The fourth-order valence-electron chi connectivity index (χ4n) is 0.925. The van der Waals surface area contributed by atoms with Crippen molar-refractivity contribution < 1.29 is 0 Å². The summed E-state index contributed by atoms with van der Waals surface area (Å²) in [4.78, 5) is 4.00. The number of anilines is 1. The maximum Gasteiger partial charge on any atom is 0.0590 e. The van der Waals surface area contributed by atoms with Gasteiger partial charge in [-0.2, -0.15) is 0 Å². The summed E-state index contributed by atoms with van der Waals surface area (Å²) in [6.07, 6.45) is 3.54. The van der Waals surface area contributed by atoms with Gasteiger partial charge in [0.05, 0.1) is 10.2 Å². The molecule has 0 unspecified atom stereocenters. The molecule has 4 heteroatoms. The first-order valence-corrected chi connectivity index (χ1v) is 5.38. The second-order valence-corrected chi connectivity index (χ2v) is 4.93. The van der Waals surface area contributed by atoms with Crippen LogP contribution in [0.4, 0.5) is 5.69 Å². The number of rotatable bonds is 4. The molecule has 0 spiro atoms. The van der Waals surface area contributed by atoms with Crippen LogP contribution in [-0.4, -0.2) is 18.1 Å². The van der Waals surface area contributed by atoms with Crippen molar-refractivity contribution in [3.63, 3.8) is 0 Å². The zero-order valence-corrected chi connectivity index (χ0v) is 10.1. The van der Waals surface area contributed by atoms with E-state index in [0.717, 1.165) is 16.7 Å². The van der Waals surface area contributed by atoms with Gasteiger partial charge in [-0.25, -0.2) is 0 Å². The summed E-state index contributed by atoms with van der Waals surface area (Å²) in [5, 5.41) is 3.34.